The van der Waals surface area contributed by atoms with Crippen LogP contribution in [-0.2, 0) is 0 Å². The molecule has 0 heterocycles. The van der Waals surface area contributed by atoms with Gasteiger partial charge in [-0.25, -0.2) is 0 Å². The van der Waals surface area contributed by atoms with Gasteiger partial charge in [0.2, 0.25) is 0 Å². The van der Waals surface area contributed by atoms with E-state index in [4.69, 9.17) is 0 Å². The van der Waals surface area contributed by atoms with Gasteiger partial charge in [-0.2, -0.15) is 0 Å². The number of unbranched alkanes of at least 4 members (excludes halogenated alkanes) is 6. The average Bonchev–Trinajstić information content (AvgIpc) is 3.41. The molecule has 33 heavy (non-hydrogen) atoms. The smallest absolute Gasteiger partial charge is 0.00473 e. The van der Waals surface area contributed by atoms with Gasteiger partial charge in [0.1, 0.15) is 0 Å². The molecule has 188 valence electrons. The Morgan fingerprint density at radius 1 is 0.455 bits per heavy atom. The van der Waals surface area contributed by atoms with Crippen LogP contribution < -0.4 is 0 Å². The molecule has 0 aliphatic heterocycles. The van der Waals surface area contributed by atoms with Crippen molar-refractivity contribution in [1.29, 1.82) is 0 Å². The van der Waals surface area contributed by atoms with E-state index in [1.807, 2.05) is 0 Å². The van der Waals surface area contributed by atoms with E-state index in [2.05, 4.69) is 24.3 Å². The monoisotopic (exact) mass is 452 g/mol. The van der Waals surface area contributed by atoms with E-state index in [0.717, 1.165) is 29.1 Å². The van der Waals surface area contributed by atoms with Crippen molar-refractivity contribution < 1.29 is 0 Å². The summed E-state index contributed by atoms with van der Waals surface area (Å²) in [5.74, 6) is 3.99. The lowest BCUT2D eigenvalue weighted by atomic mass is 9.50. The van der Waals surface area contributed by atoms with Gasteiger partial charge in [0.05, 0.1) is 0 Å². The summed E-state index contributed by atoms with van der Waals surface area (Å²) in [6.45, 7) is 0. The fraction of sp³-hybridized carbons (Fsp3) is 0.879. The van der Waals surface area contributed by atoms with E-state index in [1.54, 1.807) is 51.4 Å². The molecule has 4 rings (SSSR count). The fourth-order valence-electron chi connectivity index (χ4n) is 8.90. The van der Waals surface area contributed by atoms with E-state index in [9.17, 15) is 0 Å². The van der Waals surface area contributed by atoms with Gasteiger partial charge in [-0.3, -0.25) is 0 Å². The van der Waals surface area contributed by atoms with Crippen LogP contribution in [0.25, 0.3) is 0 Å². The van der Waals surface area contributed by atoms with Crippen molar-refractivity contribution in [3.63, 3.8) is 0 Å². The summed E-state index contributed by atoms with van der Waals surface area (Å²) >= 11 is 0. The van der Waals surface area contributed by atoms with Crippen molar-refractivity contribution in [2.24, 2.45) is 29.1 Å². The van der Waals surface area contributed by atoms with Crippen LogP contribution in [-0.4, -0.2) is 0 Å². The molecule has 3 saturated carbocycles. The Balaban J connectivity index is 1.27. The molecular weight excluding hydrogens is 396 g/mol. The van der Waals surface area contributed by atoms with E-state index >= 15 is 0 Å². The molecule has 0 heteroatoms. The lowest BCUT2D eigenvalue weighted by Gasteiger charge is -2.55. The predicted molar refractivity (Wildman–Crippen MR) is 145 cm³/mol. The third-order valence-electron chi connectivity index (χ3n) is 10.6. The van der Waals surface area contributed by atoms with Crippen LogP contribution in [0.1, 0.15) is 154 Å². The summed E-state index contributed by atoms with van der Waals surface area (Å²) < 4.78 is 0. The first-order valence-corrected chi connectivity index (χ1v) is 15.7. The van der Waals surface area contributed by atoms with Crippen LogP contribution in [0.2, 0.25) is 0 Å². The highest BCUT2D eigenvalue weighted by Gasteiger charge is 2.49. The maximum Gasteiger partial charge on any atom is -0.00473 e. The Hall–Kier alpha value is -0.520. The minimum absolute atomic E-state index is 0.740. The molecule has 0 radical (unpaired) electrons. The summed E-state index contributed by atoms with van der Waals surface area (Å²) in [5, 5.41) is 0. The Morgan fingerprint density at radius 3 is 1.30 bits per heavy atom. The predicted octanol–water partition coefficient (Wildman–Crippen LogP) is 11.0. The van der Waals surface area contributed by atoms with Crippen molar-refractivity contribution >= 4 is 0 Å². The molecule has 4 aliphatic rings. The summed E-state index contributed by atoms with van der Waals surface area (Å²) in [6.07, 6.45) is 45.9. The van der Waals surface area contributed by atoms with E-state index in [0.29, 0.717) is 0 Å². The molecule has 0 atom stereocenters. The van der Waals surface area contributed by atoms with Gasteiger partial charge in [-0.05, 0) is 80.5 Å². The molecule has 0 saturated heterocycles. The average molecular weight is 453 g/mol. The van der Waals surface area contributed by atoms with Gasteiger partial charge in [-0.1, -0.05) is 127 Å². The quantitative estimate of drug-likeness (QED) is 0.244. The van der Waals surface area contributed by atoms with Gasteiger partial charge < -0.3 is 0 Å². The zero-order chi connectivity index (χ0) is 22.6. The third-order valence-corrected chi connectivity index (χ3v) is 10.6. The molecule has 0 amide bonds. The number of hydrogen-bond acceptors (Lipinski definition) is 0. The van der Waals surface area contributed by atoms with Gasteiger partial charge in [0, 0.05) is 0 Å². The van der Waals surface area contributed by atoms with Crippen LogP contribution in [0.15, 0.2) is 24.3 Å². The SMILES string of the molecule is C1=CC(CCCCCCCCCC(C2CCCCC2)(C2CCCCC2)C2CCCCC2)C=C1. The second-order valence-corrected chi connectivity index (χ2v) is 12.6. The van der Waals surface area contributed by atoms with Crippen molar-refractivity contribution in [2.45, 2.75) is 154 Å². The van der Waals surface area contributed by atoms with E-state index in [-0.39, 0.29) is 0 Å². The van der Waals surface area contributed by atoms with Crippen LogP contribution >= 0.6 is 0 Å². The normalized spacial score (nSPS) is 24.1. The van der Waals surface area contributed by atoms with Gasteiger partial charge >= 0.3 is 0 Å². The first-order chi connectivity index (χ1) is 16.4. The van der Waals surface area contributed by atoms with Crippen LogP contribution in [0.3, 0.4) is 0 Å². The first-order valence-electron chi connectivity index (χ1n) is 15.7. The van der Waals surface area contributed by atoms with Crippen molar-refractivity contribution in [1.82, 2.24) is 0 Å². The zero-order valence-electron chi connectivity index (χ0n) is 22.1. The summed E-state index contributed by atoms with van der Waals surface area (Å²) in [4.78, 5) is 0. The highest BCUT2D eigenvalue weighted by Crippen LogP contribution is 2.59. The fourth-order valence-corrected chi connectivity index (χ4v) is 8.90. The molecule has 0 bridgehead atoms. The molecule has 0 spiro atoms. The standard InChI is InChI=1S/C33H56/c1(2-4-9-19-29-20-16-17-21-29)3-5-18-28-33(30-22-10-6-11-23-30,31-24-12-7-13-25-31)32-26-14-8-15-27-32/h16-17,20-21,29-32H,1-15,18-19,22-28H2. The lowest BCUT2D eigenvalue weighted by molar-refractivity contribution is -0.0571. The topological polar surface area (TPSA) is 0 Å². The molecule has 0 unspecified atom stereocenters. The van der Waals surface area contributed by atoms with Crippen molar-refractivity contribution in [3.05, 3.63) is 24.3 Å². The number of rotatable bonds is 13. The Morgan fingerprint density at radius 2 is 0.848 bits per heavy atom. The molecule has 0 aromatic carbocycles. The van der Waals surface area contributed by atoms with E-state index < -0.39 is 0 Å². The molecule has 0 aromatic rings. The van der Waals surface area contributed by atoms with Crippen LogP contribution in [0.4, 0.5) is 0 Å². The molecule has 4 aliphatic carbocycles. The van der Waals surface area contributed by atoms with E-state index in [1.165, 1.54) is 103 Å². The number of hydrogen-bond donors (Lipinski definition) is 0. The molecule has 0 N–H and O–H groups in total. The van der Waals surface area contributed by atoms with Crippen LogP contribution in [0.5, 0.6) is 0 Å². The Kier molecular flexibility index (Phi) is 11.0. The second kappa shape index (κ2) is 14.1. The number of allylic oxidation sites excluding steroid dienone is 4. The summed E-state index contributed by atoms with van der Waals surface area (Å²) in [6, 6.07) is 0. The van der Waals surface area contributed by atoms with Crippen LogP contribution in [0, 0.1) is 29.1 Å². The Labute approximate surface area is 207 Å². The first kappa shape index (κ1) is 25.6. The van der Waals surface area contributed by atoms with Crippen molar-refractivity contribution in [3.8, 4) is 0 Å². The van der Waals surface area contributed by atoms with Gasteiger partial charge in [0.25, 0.3) is 0 Å². The largest absolute Gasteiger partial charge is 0.0776 e. The highest BCUT2D eigenvalue weighted by molar-refractivity contribution is 5.17. The lowest BCUT2D eigenvalue weighted by Crippen LogP contribution is -2.47. The van der Waals surface area contributed by atoms with Crippen molar-refractivity contribution in [2.75, 3.05) is 0 Å². The van der Waals surface area contributed by atoms with Gasteiger partial charge in [0.15, 0.2) is 0 Å². The zero-order valence-corrected chi connectivity index (χ0v) is 22.1. The molecule has 0 aromatic heterocycles. The minimum atomic E-state index is 0.740. The summed E-state index contributed by atoms with van der Waals surface area (Å²) in [7, 11) is 0. The molecule has 0 nitrogen and oxygen atoms in total. The second-order valence-electron chi connectivity index (χ2n) is 12.6. The molecular formula is C33H56. The third kappa shape index (κ3) is 7.24. The Bertz CT molecular complexity index is 507. The summed E-state index contributed by atoms with van der Waals surface area (Å²) in [5.41, 5.74) is 0.740. The minimum Gasteiger partial charge on any atom is -0.0776 e. The maximum absolute atomic E-state index is 2.37. The molecule has 3 fully saturated rings. The maximum atomic E-state index is 2.37. The highest BCUT2D eigenvalue weighted by atomic mass is 14.5. The van der Waals surface area contributed by atoms with Gasteiger partial charge in [-0.15, -0.1) is 0 Å².